The van der Waals surface area contributed by atoms with Gasteiger partial charge in [-0.3, -0.25) is 0 Å². The molecule has 112 valence electrons. The third kappa shape index (κ3) is 4.39. The zero-order chi connectivity index (χ0) is 15.1. The molecule has 0 heterocycles. The number of nitrogens with zero attached hydrogens (tertiary/aromatic N) is 1. The molecule has 0 saturated heterocycles. The molecule has 0 spiro atoms. The number of carbonyl (C=O) groups is 1. The molecule has 0 unspecified atom stereocenters. The van der Waals surface area contributed by atoms with Gasteiger partial charge in [0.25, 0.3) is 0 Å². The second-order valence-electron chi connectivity index (χ2n) is 3.96. The number of carbonyl (C=O) groups excluding carboxylic acids is 1. The summed E-state index contributed by atoms with van der Waals surface area (Å²) >= 11 is 0. The van der Waals surface area contributed by atoms with Crippen LogP contribution in [0.15, 0.2) is 12.1 Å². The Morgan fingerprint density at radius 2 is 1.70 bits per heavy atom. The van der Waals surface area contributed by atoms with E-state index in [1.807, 2.05) is 0 Å². The van der Waals surface area contributed by atoms with Gasteiger partial charge in [-0.15, -0.1) is 0 Å². The standard InChI is InChI=1S/C12H15F3N2O3/c13-8-6-10(15)11(7-9(8)14)16-12(20)17(3-5-19)2-1-4-18/h6-7,18-19H,1-5H2,(H,16,20). The molecule has 8 heteroatoms. The summed E-state index contributed by atoms with van der Waals surface area (Å²) in [4.78, 5) is 12.9. The highest BCUT2D eigenvalue weighted by molar-refractivity contribution is 5.89. The quantitative estimate of drug-likeness (QED) is 0.692. The Kier molecular flexibility index (Phi) is 6.26. The summed E-state index contributed by atoms with van der Waals surface area (Å²) in [5, 5.41) is 19.6. The molecular weight excluding hydrogens is 277 g/mol. The monoisotopic (exact) mass is 292 g/mol. The molecule has 0 aliphatic rings. The number of halogens is 3. The molecule has 0 atom stereocenters. The Morgan fingerprint density at radius 3 is 2.30 bits per heavy atom. The molecule has 0 fully saturated rings. The summed E-state index contributed by atoms with van der Waals surface area (Å²) in [5.41, 5.74) is -0.499. The summed E-state index contributed by atoms with van der Waals surface area (Å²) in [6.07, 6.45) is 0.272. The van der Waals surface area contributed by atoms with Gasteiger partial charge < -0.3 is 20.4 Å². The molecular formula is C12H15F3N2O3. The second-order valence-corrected chi connectivity index (χ2v) is 3.96. The first-order chi connectivity index (χ1) is 9.49. The van der Waals surface area contributed by atoms with Gasteiger partial charge in [-0.25, -0.2) is 18.0 Å². The van der Waals surface area contributed by atoms with Crippen molar-refractivity contribution >= 4 is 11.7 Å². The highest BCUT2D eigenvalue weighted by atomic mass is 19.2. The molecule has 3 N–H and O–H groups in total. The number of aliphatic hydroxyl groups excluding tert-OH is 2. The number of hydrogen-bond acceptors (Lipinski definition) is 3. The first-order valence-corrected chi connectivity index (χ1v) is 5.91. The smallest absolute Gasteiger partial charge is 0.322 e. The van der Waals surface area contributed by atoms with Crippen molar-refractivity contribution in [3.05, 3.63) is 29.6 Å². The van der Waals surface area contributed by atoms with Crippen molar-refractivity contribution in [3.8, 4) is 0 Å². The van der Waals surface area contributed by atoms with Crippen LogP contribution in [-0.4, -0.2) is 47.4 Å². The van der Waals surface area contributed by atoms with Gasteiger partial charge in [0.15, 0.2) is 11.6 Å². The Hall–Kier alpha value is -1.80. The van der Waals surface area contributed by atoms with Crippen molar-refractivity contribution < 1.29 is 28.2 Å². The Morgan fingerprint density at radius 1 is 1.05 bits per heavy atom. The van der Waals surface area contributed by atoms with Gasteiger partial charge in [0.2, 0.25) is 0 Å². The number of aliphatic hydroxyl groups is 2. The summed E-state index contributed by atoms with van der Waals surface area (Å²) in [7, 11) is 0. The van der Waals surface area contributed by atoms with Crippen LogP contribution in [0, 0.1) is 17.5 Å². The van der Waals surface area contributed by atoms with E-state index >= 15 is 0 Å². The predicted octanol–water partition coefficient (Wildman–Crippen LogP) is 1.31. The van der Waals surface area contributed by atoms with Crippen LogP contribution >= 0.6 is 0 Å². The minimum absolute atomic E-state index is 0.0306. The fourth-order valence-electron chi connectivity index (χ4n) is 1.51. The van der Waals surface area contributed by atoms with E-state index in [1.54, 1.807) is 0 Å². The number of hydrogen-bond donors (Lipinski definition) is 3. The van der Waals surface area contributed by atoms with Crippen LogP contribution < -0.4 is 5.32 Å². The van der Waals surface area contributed by atoms with Crippen molar-refractivity contribution in [2.24, 2.45) is 0 Å². The number of amides is 2. The van der Waals surface area contributed by atoms with E-state index in [2.05, 4.69) is 5.32 Å². The largest absolute Gasteiger partial charge is 0.396 e. The Bertz CT molecular complexity index is 472. The summed E-state index contributed by atoms with van der Waals surface area (Å²) < 4.78 is 39.1. The Balaban J connectivity index is 2.79. The van der Waals surface area contributed by atoms with Gasteiger partial charge in [-0.2, -0.15) is 0 Å². The lowest BCUT2D eigenvalue weighted by atomic mass is 10.3. The van der Waals surface area contributed by atoms with E-state index in [9.17, 15) is 18.0 Å². The molecule has 0 aliphatic heterocycles. The number of benzene rings is 1. The van der Waals surface area contributed by atoms with Crippen LogP contribution in [-0.2, 0) is 0 Å². The van der Waals surface area contributed by atoms with E-state index in [0.717, 1.165) is 4.90 Å². The van der Waals surface area contributed by atoms with Crippen LogP contribution in [0.5, 0.6) is 0 Å². The lowest BCUT2D eigenvalue weighted by molar-refractivity contribution is 0.179. The van der Waals surface area contributed by atoms with Gasteiger partial charge >= 0.3 is 6.03 Å². The molecule has 1 aromatic carbocycles. The third-order valence-electron chi connectivity index (χ3n) is 2.49. The number of nitrogens with one attached hydrogen (secondary N) is 1. The second kappa shape index (κ2) is 7.71. The van der Waals surface area contributed by atoms with Gasteiger partial charge in [0, 0.05) is 31.8 Å². The maximum absolute atomic E-state index is 13.4. The van der Waals surface area contributed by atoms with E-state index < -0.39 is 29.2 Å². The fourth-order valence-corrected chi connectivity index (χ4v) is 1.51. The first-order valence-electron chi connectivity index (χ1n) is 5.91. The third-order valence-corrected chi connectivity index (χ3v) is 2.49. The number of rotatable bonds is 6. The Labute approximate surface area is 113 Å². The van der Waals surface area contributed by atoms with Gasteiger partial charge in [-0.05, 0) is 6.42 Å². The molecule has 0 radical (unpaired) electrons. The van der Waals surface area contributed by atoms with E-state index in [4.69, 9.17) is 10.2 Å². The molecule has 2 amide bonds. The minimum atomic E-state index is -1.35. The van der Waals surface area contributed by atoms with Crippen LogP contribution in [0.2, 0.25) is 0 Å². The van der Waals surface area contributed by atoms with Crippen molar-refractivity contribution in [1.29, 1.82) is 0 Å². The summed E-state index contributed by atoms with van der Waals surface area (Å²) in [5.74, 6) is -3.75. The first kappa shape index (κ1) is 16.3. The fraction of sp³-hybridized carbons (Fsp3) is 0.417. The van der Waals surface area contributed by atoms with E-state index in [-0.39, 0.29) is 32.7 Å². The van der Waals surface area contributed by atoms with Gasteiger partial charge in [0.05, 0.1) is 12.3 Å². The minimum Gasteiger partial charge on any atom is -0.396 e. The number of urea groups is 1. The average molecular weight is 292 g/mol. The van der Waals surface area contributed by atoms with Crippen LogP contribution in [0.1, 0.15) is 6.42 Å². The molecule has 0 saturated carbocycles. The lowest BCUT2D eigenvalue weighted by Crippen LogP contribution is -2.38. The number of anilines is 1. The summed E-state index contributed by atoms with van der Waals surface area (Å²) in [6, 6.07) is 0.0817. The highest BCUT2D eigenvalue weighted by Gasteiger charge is 2.16. The topological polar surface area (TPSA) is 72.8 Å². The van der Waals surface area contributed by atoms with E-state index in [1.165, 1.54) is 0 Å². The van der Waals surface area contributed by atoms with Crippen LogP contribution in [0.25, 0.3) is 0 Å². The molecule has 0 aromatic heterocycles. The van der Waals surface area contributed by atoms with E-state index in [0.29, 0.717) is 12.1 Å². The predicted molar refractivity (Wildman–Crippen MR) is 65.7 cm³/mol. The van der Waals surface area contributed by atoms with Crippen LogP contribution in [0.4, 0.5) is 23.7 Å². The molecule has 20 heavy (non-hydrogen) atoms. The highest BCUT2D eigenvalue weighted by Crippen LogP contribution is 2.18. The maximum atomic E-state index is 13.4. The van der Waals surface area contributed by atoms with Crippen molar-refractivity contribution in [3.63, 3.8) is 0 Å². The van der Waals surface area contributed by atoms with Crippen molar-refractivity contribution in [2.45, 2.75) is 6.42 Å². The summed E-state index contributed by atoms with van der Waals surface area (Å²) in [6.45, 7) is -0.376. The molecule has 5 nitrogen and oxygen atoms in total. The molecule has 0 bridgehead atoms. The van der Waals surface area contributed by atoms with Gasteiger partial charge in [-0.1, -0.05) is 0 Å². The zero-order valence-corrected chi connectivity index (χ0v) is 10.6. The van der Waals surface area contributed by atoms with Crippen molar-refractivity contribution in [2.75, 3.05) is 31.6 Å². The lowest BCUT2D eigenvalue weighted by Gasteiger charge is -2.22. The molecule has 0 aliphatic carbocycles. The SMILES string of the molecule is O=C(Nc1cc(F)c(F)cc1F)N(CCO)CCCO. The molecule has 1 rings (SSSR count). The normalized spacial score (nSPS) is 10.4. The van der Waals surface area contributed by atoms with Gasteiger partial charge in [0.1, 0.15) is 5.82 Å². The zero-order valence-electron chi connectivity index (χ0n) is 10.6. The van der Waals surface area contributed by atoms with Crippen molar-refractivity contribution in [1.82, 2.24) is 4.90 Å². The maximum Gasteiger partial charge on any atom is 0.322 e. The van der Waals surface area contributed by atoms with Crippen LogP contribution in [0.3, 0.4) is 0 Å². The molecule has 1 aromatic rings. The average Bonchev–Trinajstić information content (AvgIpc) is 2.40.